The van der Waals surface area contributed by atoms with Gasteiger partial charge in [0, 0.05) is 45.0 Å². The third-order valence-electron chi connectivity index (χ3n) is 4.62. The van der Waals surface area contributed by atoms with E-state index in [1.165, 1.54) is 11.3 Å². The Balaban J connectivity index is 1.74. The number of hydrogen-bond donors (Lipinski definition) is 0. The largest absolute Gasteiger partial charge is 0.376 e. The van der Waals surface area contributed by atoms with E-state index in [-0.39, 0.29) is 11.0 Å². The molecule has 1 saturated heterocycles. The normalized spacial score (nSPS) is 17.3. The number of piperazine rings is 1. The molecule has 24 heavy (non-hydrogen) atoms. The molecule has 136 valence electrons. The molecular weight excluding hydrogens is 296 g/mol. The van der Waals surface area contributed by atoms with Gasteiger partial charge in [-0.05, 0) is 50.3 Å². The Morgan fingerprint density at radius 3 is 1.96 bits per heavy atom. The van der Waals surface area contributed by atoms with E-state index in [2.05, 4.69) is 75.6 Å². The van der Waals surface area contributed by atoms with Gasteiger partial charge >= 0.3 is 0 Å². The SMILES string of the molecule is CC(C)(C)OCCCN1CCN(c2ccc(C(C)(C)C)cc2)CC1. The zero-order valence-electron chi connectivity index (χ0n) is 16.6. The molecule has 1 fully saturated rings. The van der Waals surface area contributed by atoms with Crippen LogP contribution in [0.5, 0.6) is 0 Å². The molecule has 1 aliphatic heterocycles. The number of nitrogens with zero attached hydrogens (tertiary/aromatic N) is 2. The van der Waals surface area contributed by atoms with Crippen LogP contribution in [0, 0.1) is 0 Å². The molecular formula is C21H36N2O. The van der Waals surface area contributed by atoms with Gasteiger partial charge in [0.05, 0.1) is 5.60 Å². The Kier molecular flexibility index (Phi) is 6.33. The minimum Gasteiger partial charge on any atom is -0.376 e. The van der Waals surface area contributed by atoms with Crippen molar-refractivity contribution >= 4 is 5.69 Å². The molecule has 2 rings (SSSR count). The van der Waals surface area contributed by atoms with Crippen LogP contribution in [-0.4, -0.2) is 49.8 Å². The second-order valence-electron chi connectivity index (χ2n) is 8.94. The van der Waals surface area contributed by atoms with Crippen molar-refractivity contribution in [1.82, 2.24) is 4.90 Å². The van der Waals surface area contributed by atoms with E-state index >= 15 is 0 Å². The lowest BCUT2D eigenvalue weighted by Crippen LogP contribution is -2.46. The fraction of sp³-hybridized carbons (Fsp3) is 0.714. The van der Waals surface area contributed by atoms with Gasteiger partial charge in [-0.1, -0.05) is 32.9 Å². The number of ether oxygens (including phenoxy) is 1. The molecule has 0 atom stereocenters. The van der Waals surface area contributed by atoms with Gasteiger partial charge in [0.15, 0.2) is 0 Å². The van der Waals surface area contributed by atoms with Gasteiger partial charge in [-0.2, -0.15) is 0 Å². The van der Waals surface area contributed by atoms with E-state index in [9.17, 15) is 0 Å². The average molecular weight is 333 g/mol. The molecule has 0 aliphatic carbocycles. The predicted octanol–water partition coefficient (Wildman–Crippen LogP) is 4.31. The quantitative estimate of drug-likeness (QED) is 0.747. The first-order chi connectivity index (χ1) is 11.1. The van der Waals surface area contributed by atoms with Crippen molar-refractivity contribution in [3.63, 3.8) is 0 Å². The summed E-state index contributed by atoms with van der Waals surface area (Å²) in [5.41, 5.74) is 2.98. The summed E-state index contributed by atoms with van der Waals surface area (Å²) in [6, 6.07) is 9.14. The molecule has 1 aliphatic rings. The summed E-state index contributed by atoms with van der Waals surface area (Å²) in [6.07, 6.45) is 1.12. The van der Waals surface area contributed by atoms with E-state index < -0.39 is 0 Å². The Morgan fingerprint density at radius 2 is 1.46 bits per heavy atom. The first-order valence-corrected chi connectivity index (χ1v) is 9.37. The van der Waals surface area contributed by atoms with Gasteiger partial charge in [-0.3, -0.25) is 4.90 Å². The standard InChI is InChI=1S/C21H36N2O/c1-20(2,3)18-8-10-19(11-9-18)23-15-13-22(14-16-23)12-7-17-24-21(4,5)6/h8-11H,7,12-17H2,1-6H3. The van der Waals surface area contributed by atoms with E-state index in [0.717, 1.165) is 45.8 Å². The van der Waals surface area contributed by atoms with E-state index in [0.29, 0.717) is 0 Å². The van der Waals surface area contributed by atoms with E-state index in [1.54, 1.807) is 0 Å². The van der Waals surface area contributed by atoms with Gasteiger partial charge in [-0.15, -0.1) is 0 Å². The molecule has 0 radical (unpaired) electrons. The van der Waals surface area contributed by atoms with Crippen LogP contribution in [0.25, 0.3) is 0 Å². The summed E-state index contributed by atoms with van der Waals surface area (Å²) in [6.45, 7) is 19.7. The van der Waals surface area contributed by atoms with Crippen molar-refractivity contribution in [3.8, 4) is 0 Å². The fourth-order valence-corrected chi connectivity index (χ4v) is 3.07. The summed E-state index contributed by atoms with van der Waals surface area (Å²) >= 11 is 0. The Bertz CT molecular complexity index is 488. The monoisotopic (exact) mass is 332 g/mol. The molecule has 0 amide bonds. The molecule has 1 aromatic rings. The number of anilines is 1. The smallest absolute Gasteiger partial charge is 0.0598 e. The fourth-order valence-electron chi connectivity index (χ4n) is 3.07. The third kappa shape index (κ3) is 6.10. The van der Waals surface area contributed by atoms with E-state index in [4.69, 9.17) is 4.74 Å². The molecule has 3 nitrogen and oxygen atoms in total. The van der Waals surface area contributed by atoms with Crippen LogP contribution in [0.4, 0.5) is 5.69 Å². The molecule has 1 aromatic carbocycles. The lowest BCUT2D eigenvalue weighted by molar-refractivity contribution is -0.00703. The topological polar surface area (TPSA) is 15.7 Å². The minimum atomic E-state index is -0.0160. The highest BCUT2D eigenvalue weighted by Crippen LogP contribution is 2.25. The molecule has 0 N–H and O–H groups in total. The van der Waals surface area contributed by atoms with Gasteiger partial charge in [-0.25, -0.2) is 0 Å². The Morgan fingerprint density at radius 1 is 0.875 bits per heavy atom. The van der Waals surface area contributed by atoms with E-state index in [1.807, 2.05) is 0 Å². The Labute approximate surface area is 149 Å². The van der Waals surface area contributed by atoms with Crippen molar-refractivity contribution in [3.05, 3.63) is 29.8 Å². The van der Waals surface area contributed by atoms with Crippen molar-refractivity contribution in [2.75, 3.05) is 44.2 Å². The van der Waals surface area contributed by atoms with Crippen molar-refractivity contribution in [2.45, 2.75) is 59.0 Å². The van der Waals surface area contributed by atoms with Crippen LogP contribution < -0.4 is 4.90 Å². The molecule has 0 unspecified atom stereocenters. The van der Waals surface area contributed by atoms with Crippen molar-refractivity contribution < 1.29 is 4.74 Å². The predicted molar refractivity (Wildman–Crippen MR) is 104 cm³/mol. The molecule has 3 heteroatoms. The summed E-state index contributed by atoms with van der Waals surface area (Å²) in [5.74, 6) is 0. The maximum atomic E-state index is 5.81. The average Bonchev–Trinajstić information content (AvgIpc) is 2.51. The van der Waals surface area contributed by atoms with Gasteiger partial charge in [0.2, 0.25) is 0 Å². The maximum absolute atomic E-state index is 5.81. The van der Waals surface area contributed by atoms with Crippen LogP contribution in [0.15, 0.2) is 24.3 Å². The number of benzene rings is 1. The number of hydrogen-bond acceptors (Lipinski definition) is 3. The van der Waals surface area contributed by atoms with Crippen LogP contribution in [-0.2, 0) is 10.2 Å². The minimum absolute atomic E-state index is 0.0160. The van der Waals surface area contributed by atoms with Crippen LogP contribution >= 0.6 is 0 Å². The highest BCUT2D eigenvalue weighted by molar-refractivity contribution is 5.49. The second kappa shape index (κ2) is 7.88. The highest BCUT2D eigenvalue weighted by Gasteiger charge is 2.18. The van der Waals surface area contributed by atoms with Crippen LogP contribution in [0.3, 0.4) is 0 Å². The van der Waals surface area contributed by atoms with Gasteiger partial charge in [0.25, 0.3) is 0 Å². The maximum Gasteiger partial charge on any atom is 0.0598 e. The second-order valence-corrected chi connectivity index (χ2v) is 8.94. The van der Waals surface area contributed by atoms with Crippen LogP contribution in [0.1, 0.15) is 53.5 Å². The Hall–Kier alpha value is -1.06. The van der Waals surface area contributed by atoms with Gasteiger partial charge < -0.3 is 9.64 Å². The first kappa shape index (κ1) is 19.3. The number of rotatable bonds is 5. The molecule has 0 saturated carbocycles. The molecule has 0 spiro atoms. The summed E-state index contributed by atoms with van der Waals surface area (Å²) in [7, 11) is 0. The molecule has 1 heterocycles. The molecule has 0 bridgehead atoms. The lowest BCUT2D eigenvalue weighted by Gasteiger charge is -2.36. The van der Waals surface area contributed by atoms with Crippen LogP contribution in [0.2, 0.25) is 0 Å². The third-order valence-corrected chi connectivity index (χ3v) is 4.62. The van der Waals surface area contributed by atoms with Crippen molar-refractivity contribution in [2.24, 2.45) is 0 Å². The summed E-state index contributed by atoms with van der Waals surface area (Å²) < 4.78 is 5.81. The van der Waals surface area contributed by atoms with Gasteiger partial charge in [0.1, 0.15) is 0 Å². The van der Waals surface area contributed by atoms with Crippen molar-refractivity contribution in [1.29, 1.82) is 0 Å². The first-order valence-electron chi connectivity index (χ1n) is 9.37. The molecule has 0 aromatic heterocycles. The summed E-state index contributed by atoms with van der Waals surface area (Å²) in [4.78, 5) is 5.07. The highest BCUT2D eigenvalue weighted by atomic mass is 16.5. The zero-order valence-corrected chi connectivity index (χ0v) is 16.6. The summed E-state index contributed by atoms with van der Waals surface area (Å²) in [5, 5.41) is 0. The zero-order chi connectivity index (χ0) is 17.8. The lowest BCUT2D eigenvalue weighted by atomic mass is 9.87.